The van der Waals surface area contributed by atoms with Crippen LogP contribution in [0.15, 0.2) is 110 Å². The van der Waals surface area contributed by atoms with Gasteiger partial charge in [0.15, 0.2) is 25.7 Å². The Morgan fingerprint density at radius 1 is 0.529 bits per heavy atom. The maximum atomic E-state index is 11.6. The summed E-state index contributed by atoms with van der Waals surface area (Å²) in [5, 5.41) is 11.2. The van der Waals surface area contributed by atoms with Crippen LogP contribution in [-0.2, 0) is 32.4 Å². The Morgan fingerprint density at radius 3 is 1.46 bits per heavy atom. The summed E-state index contributed by atoms with van der Waals surface area (Å²) in [5.74, 6) is 3.52. The fraction of sp³-hybridized carbons (Fsp3) is 0.406. The summed E-state index contributed by atoms with van der Waals surface area (Å²) < 4.78 is 50.2. The first-order chi connectivity index (χ1) is 41.3. The first-order valence-corrected chi connectivity index (χ1v) is 44.3. The predicted molar refractivity (Wildman–Crippen MR) is 362 cm³/mol. The number of hydrogen-bond donors (Lipinski definition) is 3. The summed E-state index contributed by atoms with van der Waals surface area (Å²) in [4.78, 5) is 27.7. The number of ether oxygens (including phenoxy) is 8. The van der Waals surface area contributed by atoms with Gasteiger partial charge in [0.2, 0.25) is 0 Å². The van der Waals surface area contributed by atoms with Gasteiger partial charge >= 0.3 is 0 Å². The highest BCUT2D eigenvalue weighted by Crippen LogP contribution is 2.38. The maximum absolute atomic E-state index is 11.6. The SMILES string of the molecule is COc1cc(OCOCC[Si](C)(C)C)ccc1-c1ccc2c(-c3nc4ccncc4[nH]3)nn(COCC[Si](C)(C)C)c2c1.COc1cc(OCOCC[Si](C)(C)C)ccc1-c1ccc2c(C=O)nn(COCC[Si](C)(C)C)c2c1.Nc1ccncc1N. The van der Waals surface area contributed by atoms with E-state index in [-0.39, 0.29) is 13.6 Å². The van der Waals surface area contributed by atoms with Gasteiger partial charge in [-0.3, -0.25) is 14.8 Å². The van der Waals surface area contributed by atoms with E-state index in [0.29, 0.717) is 80.0 Å². The van der Waals surface area contributed by atoms with Gasteiger partial charge in [-0.2, -0.15) is 10.2 Å². The Bertz CT molecular complexity index is 3620. The fourth-order valence-corrected chi connectivity index (χ4v) is 11.7. The van der Waals surface area contributed by atoms with Crippen molar-refractivity contribution < 1.29 is 42.7 Å². The maximum Gasteiger partial charge on any atom is 0.189 e. The lowest BCUT2D eigenvalue weighted by atomic mass is 10.0. The second-order valence-electron chi connectivity index (χ2n) is 26.2. The molecule has 0 amide bonds. The second kappa shape index (κ2) is 30.6. The summed E-state index contributed by atoms with van der Waals surface area (Å²) in [5.41, 5.74) is 20.4. The monoisotopic (exact) mass is 1250 g/mol. The average molecular weight is 1260 g/mol. The minimum absolute atomic E-state index is 0.213. The van der Waals surface area contributed by atoms with Crippen molar-refractivity contribution >= 4 is 82.8 Å². The summed E-state index contributed by atoms with van der Waals surface area (Å²) >= 11 is 0. The molecule has 0 radical (unpaired) electrons. The van der Waals surface area contributed by atoms with Gasteiger partial charge in [-0.15, -0.1) is 0 Å². The fourth-order valence-electron chi connectivity index (χ4n) is 8.71. The molecule has 0 aliphatic carbocycles. The van der Waals surface area contributed by atoms with Crippen LogP contribution in [-0.4, -0.2) is 132 Å². The summed E-state index contributed by atoms with van der Waals surface area (Å²) in [6.45, 7) is 31.9. The number of nitrogens with one attached hydrogen (secondary N) is 1. The van der Waals surface area contributed by atoms with E-state index in [4.69, 9.17) is 59.4 Å². The molecule has 5 heterocycles. The largest absolute Gasteiger partial charge is 0.496 e. The molecule has 19 nitrogen and oxygen atoms in total. The number of nitrogens with zero attached hydrogens (tertiary/aromatic N) is 7. The third-order valence-corrected chi connectivity index (χ3v) is 20.9. The molecule has 5 N–H and O–H groups in total. The Labute approximate surface area is 516 Å². The van der Waals surface area contributed by atoms with Gasteiger partial charge in [-0.1, -0.05) is 90.7 Å². The van der Waals surface area contributed by atoms with Crippen LogP contribution in [0.2, 0.25) is 103 Å². The van der Waals surface area contributed by atoms with Crippen molar-refractivity contribution in [3.05, 3.63) is 115 Å². The highest BCUT2D eigenvalue weighted by atomic mass is 28.3. The van der Waals surface area contributed by atoms with Crippen molar-refractivity contribution in [2.75, 3.05) is 65.7 Å². The lowest BCUT2D eigenvalue weighted by Crippen LogP contribution is -2.22. The third-order valence-electron chi connectivity index (χ3n) is 14.0. The number of anilines is 2. The Balaban J connectivity index is 0.000000223. The number of fused-ring (bicyclic) bond motifs is 3. The number of carbonyl (C=O) groups excluding carboxylic acids is 1. The van der Waals surface area contributed by atoms with Gasteiger partial charge in [0.1, 0.15) is 47.8 Å². The van der Waals surface area contributed by atoms with Crippen molar-refractivity contribution in [3.8, 4) is 56.8 Å². The molecule has 0 saturated heterocycles. The topological polar surface area (TPSA) is 233 Å². The van der Waals surface area contributed by atoms with Crippen LogP contribution in [0.1, 0.15) is 10.5 Å². The first kappa shape index (κ1) is 67.3. The number of carbonyl (C=O) groups is 1. The molecule has 0 saturated carbocycles. The molecule has 0 spiro atoms. The third kappa shape index (κ3) is 20.4. The van der Waals surface area contributed by atoms with E-state index in [1.54, 1.807) is 43.6 Å². The highest BCUT2D eigenvalue weighted by molar-refractivity contribution is 6.77. The van der Waals surface area contributed by atoms with Crippen molar-refractivity contribution in [1.82, 2.24) is 39.5 Å². The number of H-pyrrole nitrogens is 1. The summed E-state index contributed by atoms with van der Waals surface area (Å²) in [6, 6.07) is 31.8. The quantitative estimate of drug-likeness (QED) is 0.0179. The molecule has 0 aliphatic heterocycles. The number of hydrogen-bond acceptors (Lipinski definition) is 16. The smallest absolute Gasteiger partial charge is 0.189 e. The first-order valence-electron chi connectivity index (χ1n) is 29.5. The Morgan fingerprint density at radius 2 is 1.00 bits per heavy atom. The number of benzene rings is 4. The highest BCUT2D eigenvalue weighted by Gasteiger charge is 2.21. The van der Waals surface area contributed by atoms with Crippen LogP contribution in [0.25, 0.3) is 66.6 Å². The van der Waals surface area contributed by atoms with Crippen LogP contribution in [0.5, 0.6) is 23.0 Å². The zero-order chi connectivity index (χ0) is 62.9. The molecule has 0 unspecified atom stereocenters. The molecular formula is C64H90N10O9Si4. The number of nitrogen functional groups attached to an aromatic ring is 2. The molecular weight excluding hydrogens is 1170 g/mol. The average Bonchev–Trinajstić information content (AvgIpc) is 1.74. The molecule has 0 aliphatic rings. The Hall–Kier alpha value is -7.23. The molecule has 0 fully saturated rings. The predicted octanol–water partition coefficient (Wildman–Crippen LogP) is 14.4. The number of aldehydes is 1. The van der Waals surface area contributed by atoms with Gasteiger partial charge < -0.3 is 54.3 Å². The molecule has 23 heteroatoms. The summed E-state index contributed by atoms with van der Waals surface area (Å²) in [7, 11) is -1.32. The molecule has 0 atom stereocenters. The number of aromatic amines is 1. The summed E-state index contributed by atoms with van der Waals surface area (Å²) in [6.07, 6.45) is 7.44. The van der Waals surface area contributed by atoms with E-state index in [1.807, 2.05) is 65.3 Å². The lowest BCUT2D eigenvalue weighted by molar-refractivity contribution is 0.0217. The van der Waals surface area contributed by atoms with Crippen LogP contribution < -0.4 is 30.4 Å². The number of aromatic nitrogens is 8. The molecule has 9 aromatic rings. The van der Waals surface area contributed by atoms with Gasteiger partial charge in [-0.05, 0) is 96.0 Å². The standard InChI is InChI=1S/C32H43N5O4Si2.C27H40N2O5Si2.C5H7N3/c1-38-30-19-24(41-22-40-15-17-43(5,6)7)9-11-25(30)23-8-10-26-29(18-23)37(21-39-14-16-42(2,3)4)36-31(26)32-34-27-12-13-33-20-28(27)35-32;1-31-27-17-22(34-20-33-13-15-36(5,6)7)9-11-23(27)21-8-10-24-25(18-30)28-29(26(24)16-21)19-32-12-14-35(2,3)4;6-4-1-2-8-3-5(4)7/h8-13,18-20H,14-17,21-22H2,1-7H3,(H,34,35);8-11,16-18H,12-15,19-20H2,1-7H3;1-3H,7H2,(H2,6,8). The Kier molecular flexibility index (Phi) is 23.7. The van der Waals surface area contributed by atoms with Crippen molar-refractivity contribution in [3.63, 3.8) is 0 Å². The lowest BCUT2D eigenvalue weighted by Gasteiger charge is -2.16. The van der Waals surface area contributed by atoms with Crippen LogP contribution in [0.4, 0.5) is 11.4 Å². The second-order valence-corrected chi connectivity index (χ2v) is 48.7. The van der Waals surface area contributed by atoms with Crippen molar-refractivity contribution in [1.29, 1.82) is 0 Å². The number of imidazole rings is 1. The molecule has 5 aromatic heterocycles. The zero-order valence-electron chi connectivity index (χ0n) is 53.4. The normalized spacial score (nSPS) is 12.0. The van der Waals surface area contributed by atoms with E-state index in [2.05, 4.69) is 117 Å². The van der Waals surface area contributed by atoms with E-state index < -0.39 is 32.3 Å². The van der Waals surface area contributed by atoms with Crippen LogP contribution in [0, 0.1) is 0 Å². The van der Waals surface area contributed by atoms with Crippen molar-refractivity contribution in [2.45, 2.75) is 116 Å². The van der Waals surface area contributed by atoms with Crippen molar-refractivity contribution in [2.24, 2.45) is 0 Å². The van der Waals surface area contributed by atoms with Crippen LogP contribution >= 0.6 is 0 Å². The molecule has 466 valence electrons. The van der Waals surface area contributed by atoms with Gasteiger partial charge in [-0.25, -0.2) is 14.3 Å². The molecule has 87 heavy (non-hydrogen) atoms. The van der Waals surface area contributed by atoms with E-state index in [0.717, 1.165) is 97.0 Å². The van der Waals surface area contributed by atoms with Gasteiger partial charge in [0, 0.05) is 105 Å². The number of nitrogens with two attached hydrogens (primary N) is 2. The molecule has 9 rings (SSSR count). The minimum Gasteiger partial charge on any atom is -0.496 e. The van der Waals surface area contributed by atoms with Crippen LogP contribution in [0.3, 0.4) is 0 Å². The number of pyridine rings is 2. The van der Waals surface area contributed by atoms with Gasteiger partial charge in [0.05, 0.1) is 60.1 Å². The zero-order valence-corrected chi connectivity index (χ0v) is 57.4. The van der Waals surface area contributed by atoms with E-state index in [1.165, 1.54) is 6.20 Å². The molecule has 0 bridgehead atoms. The van der Waals surface area contributed by atoms with E-state index >= 15 is 0 Å². The number of rotatable bonds is 28. The van der Waals surface area contributed by atoms with Gasteiger partial charge in [0.25, 0.3) is 0 Å². The molecule has 4 aromatic carbocycles. The number of methoxy groups -OCH3 is 2. The minimum atomic E-state index is -1.21. The van der Waals surface area contributed by atoms with E-state index in [9.17, 15) is 4.79 Å².